The number of H-pyrrole nitrogens is 1. The highest BCUT2D eigenvalue weighted by Crippen LogP contribution is 2.29. The van der Waals surface area contributed by atoms with Gasteiger partial charge in [-0.25, -0.2) is 4.98 Å². The summed E-state index contributed by atoms with van der Waals surface area (Å²) in [5, 5.41) is 0. The molecule has 1 N–H and O–H groups in total. The van der Waals surface area contributed by atoms with Gasteiger partial charge in [0.15, 0.2) is 0 Å². The van der Waals surface area contributed by atoms with E-state index in [9.17, 15) is 4.79 Å². The molecule has 162 valence electrons. The number of ether oxygens (including phenoxy) is 1. The maximum absolute atomic E-state index is 13.3. The second-order valence-corrected chi connectivity index (χ2v) is 8.55. The van der Waals surface area contributed by atoms with E-state index in [1.54, 1.807) is 7.11 Å². The lowest BCUT2D eigenvalue weighted by Gasteiger charge is -2.22. The molecule has 5 nitrogen and oxygen atoms in total. The zero-order valence-electron chi connectivity index (χ0n) is 18.7. The minimum absolute atomic E-state index is 0.0509. The van der Waals surface area contributed by atoms with Crippen LogP contribution in [0.25, 0.3) is 22.2 Å². The summed E-state index contributed by atoms with van der Waals surface area (Å²) in [5.74, 6) is 1.72. The average molecular weight is 426 g/mol. The van der Waals surface area contributed by atoms with Gasteiger partial charge in [-0.1, -0.05) is 24.3 Å². The lowest BCUT2D eigenvalue weighted by Crippen LogP contribution is -2.30. The molecule has 32 heavy (non-hydrogen) atoms. The molecule has 0 atom stereocenters. The van der Waals surface area contributed by atoms with Crippen molar-refractivity contribution in [2.75, 3.05) is 13.7 Å². The zero-order valence-corrected chi connectivity index (χ0v) is 18.7. The van der Waals surface area contributed by atoms with Gasteiger partial charge in [0.1, 0.15) is 11.6 Å². The molecule has 5 rings (SSSR count). The molecule has 2 heterocycles. The molecule has 0 bridgehead atoms. The van der Waals surface area contributed by atoms with Crippen LogP contribution >= 0.6 is 0 Å². The summed E-state index contributed by atoms with van der Waals surface area (Å²) in [5.41, 5.74) is 8.54. The number of aryl methyl sites for hydroxylation is 3. The molecule has 0 aliphatic carbocycles. The number of methoxy groups -OCH3 is 1. The van der Waals surface area contributed by atoms with Gasteiger partial charge in [-0.3, -0.25) is 4.79 Å². The monoisotopic (exact) mass is 425 g/mol. The van der Waals surface area contributed by atoms with E-state index in [1.807, 2.05) is 36.9 Å². The van der Waals surface area contributed by atoms with Crippen LogP contribution in [0, 0.1) is 13.8 Å². The molecular formula is C27H27N3O2. The van der Waals surface area contributed by atoms with Crippen LogP contribution in [0.2, 0.25) is 0 Å². The number of nitrogens with zero attached hydrogens (tertiary/aromatic N) is 2. The molecule has 0 spiro atoms. The summed E-state index contributed by atoms with van der Waals surface area (Å²) in [7, 11) is 1.64. The first-order valence-corrected chi connectivity index (χ1v) is 11.0. The molecule has 1 aliphatic heterocycles. The van der Waals surface area contributed by atoms with E-state index in [-0.39, 0.29) is 5.91 Å². The van der Waals surface area contributed by atoms with Gasteiger partial charge in [0.25, 0.3) is 5.91 Å². The first-order valence-electron chi connectivity index (χ1n) is 11.0. The first kappa shape index (κ1) is 20.3. The molecule has 1 aromatic heterocycles. The van der Waals surface area contributed by atoms with Crippen LogP contribution in [0.3, 0.4) is 0 Å². The SMILES string of the molecule is COc1cc(C(=O)N2CCCc3ccc(-c4ccc5[nH]c(C)nc5c4)cc3C2)ccc1C. The number of imidazole rings is 1. The highest BCUT2D eigenvalue weighted by atomic mass is 16.5. The van der Waals surface area contributed by atoms with Crippen LogP contribution in [0.4, 0.5) is 0 Å². The van der Waals surface area contributed by atoms with Crippen molar-refractivity contribution in [2.45, 2.75) is 33.2 Å². The maximum Gasteiger partial charge on any atom is 0.254 e. The Hall–Kier alpha value is -3.60. The molecule has 0 saturated heterocycles. The molecule has 0 saturated carbocycles. The van der Waals surface area contributed by atoms with Crippen LogP contribution in [0.15, 0.2) is 54.6 Å². The summed E-state index contributed by atoms with van der Waals surface area (Å²) in [6.07, 6.45) is 1.94. The van der Waals surface area contributed by atoms with Crippen molar-refractivity contribution in [2.24, 2.45) is 0 Å². The first-order chi connectivity index (χ1) is 15.5. The summed E-state index contributed by atoms with van der Waals surface area (Å²) in [4.78, 5) is 23.1. The fraction of sp³-hybridized carbons (Fsp3) is 0.259. The molecule has 0 fully saturated rings. The number of amides is 1. The number of carbonyl (C=O) groups excluding carboxylic acids is 1. The van der Waals surface area contributed by atoms with Gasteiger partial charge in [-0.2, -0.15) is 0 Å². The molecule has 1 aliphatic rings. The summed E-state index contributed by atoms with van der Waals surface area (Å²) < 4.78 is 5.42. The van der Waals surface area contributed by atoms with Gasteiger partial charge in [-0.15, -0.1) is 0 Å². The van der Waals surface area contributed by atoms with Crippen molar-refractivity contribution in [3.8, 4) is 16.9 Å². The third-order valence-electron chi connectivity index (χ3n) is 6.32. The van der Waals surface area contributed by atoms with Crippen LogP contribution < -0.4 is 4.74 Å². The summed E-state index contributed by atoms with van der Waals surface area (Å²) in [6.45, 7) is 5.31. The van der Waals surface area contributed by atoms with Gasteiger partial charge in [0, 0.05) is 18.7 Å². The topological polar surface area (TPSA) is 58.2 Å². The van der Waals surface area contributed by atoms with E-state index in [4.69, 9.17) is 4.74 Å². The average Bonchev–Trinajstić information content (AvgIpc) is 3.04. The second kappa shape index (κ2) is 8.15. The van der Waals surface area contributed by atoms with Gasteiger partial charge < -0.3 is 14.6 Å². The van der Waals surface area contributed by atoms with Crippen molar-refractivity contribution in [1.82, 2.24) is 14.9 Å². The quantitative estimate of drug-likeness (QED) is 0.475. The van der Waals surface area contributed by atoms with E-state index in [0.29, 0.717) is 12.1 Å². The number of hydrogen-bond acceptors (Lipinski definition) is 3. The van der Waals surface area contributed by atoms with Crippen LogP contribution in [0.5, 0.6) is 5.75 Å². The fourth-order valence-corrected chi connectivity index (χ4v) is 4.56. The van der Waals surface area contributed by atoms with E-state index in [0.717, 1.165) is 58.7 Å². The number of benzene rings is 3. The highest BCUT2D eigenvalue weighted by Gasteiger charge is 2.21. The number of nitrogens with one attached hydrogen (secondary N) is 1. The van der Waals surface area contributed by atoms with Gasteiger partial charge in [0.2, 0.25) is 0 Å². The minimum atomic E-state index is 0.0509. The van der Waals surface area contributed by atoms with Gasteiger partial charge in [-0.05, 0) is 84.8 Å². The molecule has 0 unspecified atom stereocenters. The van der Waals surface area contributed by atoms with E-state index >= 15 is 0 Å². The Morgan fingerprint density at radius 3 is 2.66 bits per heavy atom. The van der Waals surface area contributed by atoms with Crippen molar-refractivity contribution in [3.63, 3.8) is 0 Å². The molecular weight excluding hydrogens is 398 g/mol. The number of aromatic amines is 1. The standard InChI is InChI=1S/C27H27N3O2/c1-17-6-7-22(15-26(17)32-3)27(31)30-12-4-5-19-8-9-20(13-23(19)16-30)21-10-11-24-25(14-21)29-18(2)28-24/h6-11,13-15H,4-5,12,16H2,1-3H3,(H,28,29). The number of rotatable bonds is 3. The summed E-state index contributed by atoms with van der Waals surface area (Å²) in [6, 6.07) is 18.6. The van der Waals surface area contributed by atoms with Crippen LogP contribution in [-0.2, 0) is 13.0 Å². The fourth-order valence-electron chi connectivity index (χ4n) is 4.56. The highest BCUT2D eigenvalue weighted by molar-refractivity contribution is 5.95. The van der Waals surface area contributed by atoms with Crippen molar-refractivity contribution >= 4 is 16.9 Å². The number of fused-ring (bicyclic) bond motifs is 2. The van der Waals surface area contributed by atoms with Gasteiger partial charge >= 0.3 is 0 Å². The largest absolute Gasteiger partial charge is 0.496 e. The van der Waals surface area contributed by atoms with Crippen molar-refractivity contribution < 1.29 is 9.53 Å². The maximum atomic E-state index is 13.3. The van der Waals surface area contributed by atoms with E-state index in [1.165, 1.54) is 11.1 Å². The lowest BCUT2D eigenvalue weighted by atomic mass is 9.97. The normalized spacial score (nSPS) is 13.7. The van der Waals surface area contributed by atoms with E-state index in [2.05, 4.69) is 46.4 Å². The Labute approximate surface area is 188 Å². The molecule has 1 amide bonds. The number of carbonyl (C=O) groups is 1. The van der Waals surface area contributed by atoms with E-state index < -0.39 is 0 Å². The minimum Gasteiger partial charge on any atom is -0.496 e. The molecule has 5 heteroatoms. The number of hydrogen-bond donors (Lipinski definition) is 1. The van der Waals surface area contributed by atoms with Crippen LogP contribution in [0.1, 0.15) is 39.3 Å². The lowest BCUT2D eigenvalue weighted by molar-refractivity contribution is 0.0745. The molecule has 3 aromatic carbocycles. The third kappa shape index (κ3) is 3.75. The second-order valence-electron chi connectivity index (χ2n) is 8.55. The Morgan fingerprint density at radius 2 is 1.81 bits per heavy atom. The van der Waals surface area contributed by atoms with Gasteiger partial charge in [0.05, 0.1) is 18.1 Å². The van der Waals surface area contributed by atoms with Crippen LogP contribution in [-0.4, -0.2) is 34.4 Å². The number of aromatic nitrogens is 2. The predicted octanol–water partition coefficient (Wildman–Crippen LogP) is 5.44. The van der Waals surface area contributed by atoms with Crippen molar-refractivity contribution in [1.29, 1.82) is 0 Å². The Bertz CT molecular complexity index is 1320. The predicted molar refractivity (Wildman–Crippen MR) is 127 cm³/mol. The summed E-state index contributed by atoms with van der Waals surface area (Å²) >= 11 is 0. The van der Waals surface area contributed by atoms with Crippen molar-refractivity contribution in [3.05, 3.63) is 82.7 Å². The Morgan fingerprint density at radius 1 is 1.00 bits per heavy atom. The molecule has 4 aromatic rings. The Kier molecular flexibility index (Phi) is 5.17. The Balaban J connectivity index is 1.45. The zero-order chi connectivity index (χ0) is 22.2. The molecule has 0 radical (unpaired) electrons. The third-order valence-corrected chi connectivity index (χ3v) is 6.32. The smallest absolute Gasteiger partial charge is 0.254 e.